The molecule has 9 nitrogen and oxygen atoms in total. The standard InChI is InChI=1S/C21H25FN6O3/c1-12(2)28(21(30)31)16-7-8-18(13(9-16)10-23)27-11-17(19(24)29)20(26-27)25-15-5-3-14(22)4-6-15/h3-6,11-13,16,18H,7-9H2,1-2H3,(H2,24,29)(H,25,26)(H,30,31). The van der Waals surface area contributed by atoms with Crippen molar-refractivity contribution in [1.82, 2.24) is 14.7 Å². The first-order chi connectivity index (χ1) is 14.7. The summed E-state index contributed by atoms with van der Waals surface area (Å²) in [6.45, 7) is 3.61. The summed E-state index contributed by atoms with van der Waals surface area (Å²) in [6, 6.07) is 7.05. The molecule has 1 aliphatic carbocycles. The highest BCUT2D eigenvalue weighted by atomic mass is 19.1. The molecule has 0 spiro atoms. The molecule has 3 rings (SSSR count). The van der Waals surface area contributed by atoms with E-state index in [1.165, 1.54) is 35.4 Å². The zero-order valence-electron chi connectivity index (χ0n) is 17.3. The van der Waals surface area contributed by atoms with Crippen LogP contribution in [0.25, 0.3) is 0 Å². The zero-order chi connectivity index (χ0) is 22.7. The number of carbonyl (C=O) groups is 2. The van der Waals surface area contributed by atoms with E-state index in [1.807, 2.05) is 13.8 Å². The highest BCUT2D eigenvalue weighted by molar-refractivity contribution is 5.98. The molecule has 1 aromatic carbocycles. The minimum atomic E-state index is -1.00. The molecule has 0 aliphatic heterocycles. The summed E-state index contributed by atoms with van der Waals surface area (Å²) in [5.74, 6) is -1.35. The van der Waals surface area contributed by atoms with Gasteiger partial charge in [-0.3, -0.25) is 9.48 Å². The Kier molecular flexibility index (Phi) is 6.44. The number of nitriles is 1. The number of carboxylic acid groups (broad SMARTS) is 1. The normalized spacial score (nSPS) is 20.8. The quantitative estimate of drug-likeness (QED) is 0.644. The van der Waals surface area contributed by atoms with Gasteiger partial charge in [0.25, 0.3) is 5.91 Å². The van der Waals surface area contributed by atoms with Gasteiger partial charge in [-0.05, 0) is 57.4 Å². The van der Waals surface area contributed by atoms with Crippen LogP contribution in [0.4, 0.5) is 20.7 Å². The smallest absolute Gasteiger partial charge is 0.407 e. The molecule has 0 bridgehead atoms. The van der Waals surface area contributed by atoms with Gasteiger partial charge < -0.3 is 21.1 Å². The number of aromatic nitrogens is 2. The largest absolute Gasteiger partial charge is 0.465 e. The molecule has 1 saturated carbocycles. The van der Waals surface area contributed by atoms with E-state index in [2.05, 4.69) is 16.5 Å². The predicted octanol–water partition coefficient (Wildman–Crippen LogP) is 3.49. The first-order valence-electron chi connectivity index (χ1n) is 10.0. The highest BCUT2D eigenvalue weighted by Crippen LogP contribution is 2.37. The van der Waals surface area contributed by atoms with Gasteiger partial charge in [0, 0.05) is 24.0 Å². The number of carbonyl (C=O) groups excluding carboxylic acids is 1. The van der Waals surface area contributed by atoms with Gasteiger partial charge in [-0.1, -0.05) is 0 Å². The molecule has 2 amide bonds. The minimum Gasteiger partial charge on any atom is -0.465 e. The molecular weight excluding hydrogens is 403 g/mol. The lowest BCUT2D eigenvalue weighted by Gasteiger charge is -2.39. The number of amides is 2. The van der Waals surface area contributed by atoms with Crippen molar-refractivity contribution in [3.63, 3.8) is 0 Å². The van der Waals surface area contributed by atoms with E-state index >= 15 is 0 Å². The molecule has 4 N–H and O–H groups in total. The molecule has 164 valence electrons. The Morgan fingerprint density at radius 1 is 1.35 bits per heavy atom. The number of benzene rings is 1. The molecule has 31 heavy (non-hydrogen) atoms. The zero-order valence-corrected chi connectivity index (χ0v) is 17.3. The van der Waals surface area contributed by atoms with Crippen LogP contribution in [0.1, 0.15) is 49.5 Å². The number of hydrogen-bond acceptors (Lipinski definition) is 5. The van der Waals surface area contributed by atoms with E-state index < -0.39 is 23.7 Å². The third-order valence-corrected chi connectivity index (χ3v) is 5.57. The number of nitrogens with one attached hydrogen (secondary N) is 1. The molecule has 1 aliphatic rings. The molecule has 2 aromatic rings. The van der Waals surface area contributed by atoms with Gasteiger partial charge in [-0.25, -0.2) is 9.18 Å². The van der Waals surface area contributed by atoms with Crippen molar-refractivity contribution in [3.05, 3.63) is 41.8 Å². The van der Waals surface area contributed by atoms with Gasteiger partial charge in [0.05, 0.1) is 18.0 Å². The number of nitrogens with zero attached hydrogens (tertiary/aromatic N) is 4. The lowest BCUT2D eigenvalue weighted by Crippen LogP contribution is -2.47. The lowest BCUT2D eigenvalue weighted by atomic mass is 9.81. The summed E-state index contributed by atoms with van der Waals surface area (Å²) in [7, 11) is 0. The summed E-state index contributed by atoms with van der Waals surface area (Å²) in [5, 5.41) is 26.7. The molecule has 0 radical (unpaired) electrons. The van der Waals surface area contributed by atoms with Gasteiger partial charge in [0.1, 0.15) is 11.4 Å². The highest BCUT2D eigenvalue weighted by Gasteiger charge is 2.38. The molecule has 1 heterocycles. The Labute approximate surface area is 179 Å². The Morgan fingerprint density at radius 2 is 2.03 bits per heavy atom. The van der Waals surface area contributed by atoms with Crippen LogP contribution < -0.4 is 11.1 Å². The van der Waals surface area contributed by atoms with Crippen LogP contribution in [0, 0.1) is 23.1 Å². The topological polar surface area (TPSA) is 137 Å². The number of nitrogens with two attached hydrogens (primary N) is 1. The van der Waals surface area contributed by atoms with Crippen LogP contribution in [0.5, 0.6) is 0 Å². The average molecular weight is 428 g/mol. The SMILES string of the molecule is CC(C)N(C(=O)O)C1CCC(n2cc(C(N)=O)c(Nc3ccc(F)cc3)n2)C(C#N)C1. The van der Waals surface area contributed by atoms with E-state index in [-0.39, 0.29) is 29.5 Å². The van der Waals surface area contributed by atoms with Gasteiger partial charge in [-0.2, -0.15) is 10.4 Å². The van der Waals surface area contributed by atoms with Crippen LogP contribution in [0.2, 0.25) is 0 Å². The number of halogens is 1. The third kappa shape index (κ3) is 4.77. The van der Waals surface area contributed by atoms with Crippen LogP contribution in [0.15, 0.2) is 30.5 Å². The maximum absolute atomic E-state index is 13.2. The van der Waals surface area contributed by atoms with Crippen molar-refractivity contribution < 1.29 is 19.1 Å². The first-order valence-corrected chi connectivity index (χ1v) is 10.0. The van der Waals surface area contributed by atoms with E-state index in [9.17, 15) is 24.3 Å². The lowest BCUT2D eigenvalue weighted by molar-refractivity contribution is 0.0759. The summed E-state index contributed by atoms with van der Waals surface area (Å²) < 4.78 is 14.7. The molecule has 0 saturated heterocycles. The second-order valence-corrected chi connectivity index (χ2v) is 7.92. The molecule has 1 fully saturated rings. The number of primary amides is 1. The Balaban J connectivity index is 1.85. The second kappa shape index (κ2) is 9.04. The summed E-state index contributed by atoms with van der Waals surface area (Å²) >= 11 is 0. The van der Waals surface area contributed by atoms with Gasteiger partial charge in [0.15, 0.2) is 5.82 Å². The Bertz CT molecular complexity index is 998. The Morgan fingerprint density at radius 3 is 2.58 bits per heavy atom. The van der Waals surface area contributed by atoms with E-state index in [4.69, 9.17) is 5.73 Å². The maximum atomic E-state index is 13.2. The van der Waals surface area contributed by atoms with Crippen molar-refractivity contribution in [2.75, 3.05) is 5.32 Å². The van der Waals surface area contributed by atoms with Crippen molar-refractivity contribution in [2.45, 2.75) is 51.2 Å². The first kappa shape index (κ1) is 22.1. The van der Waals surface area contributed by atoms with Crippen LogP contribution >= 0.6 is 0 Å². The number of hydrogen-bond donors (Lipinski definition) is 3. The van der Waals surface area contributed by atoms with Crippen molar-refractivity contribution in [2.24, 2.45) is 11.7 Å². The van der Waals surface area contributed by atoms with Gasteiger partial charge >= 0.3 is 6.09 Å². The number of anilines is 2. The summed E-state index contributed by atoms with van der Waals surface area (Å²) in [4.78, 5) is 25.0. The summed E-state index contributed by atoms with van der Waals surface area (Å²) in [6.07, 6.45) is 1.96. The fourth-order valence-electron chi connectivity index (χ4n) is 4.14. The maximum Gasteiger partial charge on any atom is 0.407 e. The predicted molar refractivity (Wildman–Crippen MR) is 111 cm³/mol. The van der Waals surface area contributed by atoms with Crippen LogP contribution in [0.3, 0.4) is 0 Å². The van der Waals surface area contributed by atoms with Gasteiger partial charge in [-0.15, -0.1) is 0 Å². The van der Waals surface area contributed by atoms with Crippen molar-refractivity contribution in [1.29, 1.82) is 5.26 Å². The summed E-state index contributed by atoms with van der Waals surface area (Å²) in [5.41, 5.74) is 6.18. The Hall–Kier alpha value is -3.61. The van der Waals surface area contributed by atoms with Crippen LogP contribution in [-0.2, 0) is 0 Å². The average Bonchev–Trinajstić information content (AvgIpc) is 3.13. The second-order valence-electron chi connectivity index (χ2n) is 7.92. The molecule has 1 aromatic heterocycles. The van der Waals surface area contributed by atoms with E-state index in [0.717, 1.165) is 0 Å². The molecule has 3 atom stereocenters. The minimum absolute atomic E-state index is 0.150. The van der Waals surface area contributed by atoms with Crippen molar-refractivity contribution >= 4 is 23.5 Å². The van der Waals surface area contributed by atoms with Crippen LogP contribution in [-0.4, -0.2) is 43.9 Å². The monoisotopic (exact) mass is 428 g/mol. The molecule has 10 heteroatoms. The van der Waals surface area contributed by atoms with Crippen molar-refractivity contribution in [3.8, 4) is 6.07 Å². The van der Waals surface area contributed by atoms with E-state index in [0.29, 0.717) is 24.9 Å². The molecular formula is C21H25FN6O3. The van der Waals surface area contributed by atoms with E-state index in [1.54, 1.807) is 4.68 Å². The fraction of sp³-hybridized carbons (Fsp3) is 0.429. The molecule has 3 unspecified atom stereocenters. The van der Waals surface area contributed by atoms with Gasteiger partial charge in [0.2, 0.25) is 0 Å². The third-order valence-electron chi connectivity index (χ3n) is 5.57. The fourth-order valence-corrected chi connectivity index (χ4v) is 4.14. The number of rotatable bonds is 6.